The minimum absolute atomic E-state index is 0.0540. The van der Waals surface area contributed by atoms with E-state index >= 15 is 0 Å². The lowest BCUT2D eigenvalue weighted by atomic mass is 9.62. The van der Waals surface area contributed by atoms with E-state index in [1.807, 2.05) is 6.92 Å². The standard InChI is InChI=1S/C30H49NO2S/c1-19-12-11-13-20(2)23(5)24(6)25(7)30(9,10)22(4)17-29(32)33-28(15-14-19)21(3)16-27-18-34-26(8)31-27/h14,16,18,20,22-25,28H,11-13,15,17H2,1-10H3/b19-14-,21-16+/t20-,22-,23-,24+,25+,28-/m0/s1. The molecule has 192 valence electrons. The summed E-state index contributed by atoms with van der Waals surface area (Å²) >= 11 is 1.65. The van der Waals surface area contributed by atoms with Crippen LogP contribution in [0.5, 0.6) is 0 Å². The van der Waals surface area contributed by atoms with Crippen molar-refractivity contribution in [1.82, 2.24) is 4.98 Å². The molecule has 0 spiro atoms. The molecule has 3 nitrogen and oxygen atoms in total. The quantitative estimate of drug-likeness (QED) is 0.309. The lowest BCUT2D eigenvalue weighted by molar-refractivity contribution is -0.149. The SMILES string of the molecule is C/C1=C/C[C@@H](/C(C)=C/c2csc(C)n2)OC(=O)C[C@H](C)C(C)(C)[C@H](C)[C@H](C)[C@@H](C)[C@@H](C)CCC1. The Bertz CT molecular complexity index is 865. The predicted molar refractivity (Wildman–Crippen MR) is 147 cm³/mol. The first-order chi connectivity index (χ1) is 15.8. The van der Waals surface area contributed by atoms with Crippen LogP contribution < -0.4 is 0 Å². The molecule has 6 atom stereocenters. The van der Waals surface area contributed by atoms with Gasteiger partial charge < -0.3 is 4.74 Å². The molecule has 0 unspecified atom stereocenters. The van der Waals surface area contributed by atoms with Gasteiger partial charge in [0.15, 0.2) is 0 Å². The smallest absolute Gasteiger partial charge is 0.306 e. The highest BCUT2D eigenvalue weighted by Crippen LogP contribution is 2.44. The highest BCUT2D eigenvalue weighted by atomic mass is 32.1. The van der Waals surface area contributed by atoms with Crippen LogP contribution in [0.1, 0.15) is 105 Å². The van der Waals surface area contributed by atoms with Gasteiger partial charge in [0.25, 0.3) is 0 Å². The van der Waals surface area contributed by atoms with E-state index in [2.05, 4.69) is 84.8 Å². The van der Waals surface area contributed by atoms with Crippen LogP contribution in [0.3, 0.4) is 0 Å². The Morgan fingerprint density at radius 1 is 1.15 bits per heavy atom. The van der Waals surface area contributed by atoms with Crippen molar-refractivity contribution in [3.8, 4) is 0 Å². The molecule has 0 amide bonds. The summed E-state index contributed by atoms with van der Waals surface area (Å²) in [6, 6.07) is 0. The van der Waals surface area contributed by atoms with Crippen molar-refractivity contribution in [2.75, 3.05) is 0 Å². The maximum Gasteiger partial charge on any atom is 0.306 e. The van der Waals surface area contributed by atoms with Gasteiger partial charge in [-0.2, -0.15) is 0 Å². The fourth-order valence-electron chi connectivity index (χ4n) is 5.30. The van der Waals surface area contributed by atoms with E-state index in [1.54, 1.807) is 11.3 Å². The second-order valence-corrected chi connectivity index (χ2v) is 12.8. The molecule has 0 bridgehead atoms. The number of hydrogen-bond donors (Lipinski definition) is 0. The number of allylic oxidation sites excluding steroid dienone is 1. The first kappa shape index (κ1) is 28.8. The zero-order valence-electron chi connectivity index (χ0n) is 23.4. The number of aromatic nitrogens is 1. The second kappa shape index (κ2) is 12.5. The van der Waals surface area contributed by atoms with Crippen LogP contribution in [-0.4, -0.2) is 17.1 Å². The number of ether oxygens (including phenoxy) is 1. The zero-order chi connectivity index (χ0) is 25.6. The largest absolute Gasteiger partial charge is 0.457 e. The van der Waals surface area contributed by atoms with Gasteiger partial charge in [-0.15, -0.1) is 11.3 Å². The molecule has 2 heterocycles. The summed E-state index contributed by atoms with van der Waals surface area (Å²) in [7, 11) is 0. The van der Waals surface area contributed by atoms with Crippen molar-refractivity contribution in [1.29, 1.82) is 0 Å². The van der Waals surface area contributed by atoms with Crippen molar-refractivity contribution in [3.63, 3.8) is 0 Å². The number of thiazole rings is 1. The molecule has 2 rings (SSSR count). The Balaban J connectivity index is 2.32. The molecular weight excluding hydrogens is 438 g/mol. The number of aryl methyl sites for hydroxylation is 1. The van der Waals surface area contributed by atoms with Crippen LogP contribution in [0.25, 0.3) is 6.08 Å². The Labute approximate surface area is 213 Å². The van der Waals surface area contributed by atoms with Crippen LogP contribution in [0.15, 0.2) is 22.6 Å². The minimum Gasteiger partial charge on any atom is -0.457 e. The molecule has 1 aromatic rings. The summed E-state index contributed by atoms with van der Waals surface area (Å²) in [5.74, 6) is 2.65. The Hall–Kier alpha value is -1.42. The number of nitrogens with zero attached hydrogens (tertiary/aromatic N) is 1. The normalized spacial score (nSPS) is 34.2. The highest BCUT2D eigenvalue weighted by Gasteiger charge is 2.38. The fourth-order valence-corrected chi connectivity index (χ4v) is 5.87. The monoisotopic (exact) mass is 487 g/mol. The third-order valence-electron chi connectivity index (χ3n) is 9.14. The highest BCUT2D eigenvalue weighted by molar-refractivity contribution is 7.09. The van der Waals surface area contributed by atoms with Gasteiger partial charge in [-0.25, -0.2) is 4.98 Å². The van der Waals surface area contributed by atoms with Crippen molar-refractivity contribution in [2.45, 2.75) is 107 Å². The molecule has 0 radical (unpaired) electrons. The molecule has 0 fully saturated rings. The molecule has 1 aromatic heterocycles. The number of rotatable bonds is 2. The summed E-state index contributed by atoms with van der Waals surface area (Å²) < 4.78 is 6.13. The Morgan fingerprint density at radius 3 is 2.44 bits per heavy atom. The summed E-state index contributed by atoms with van der Waals surface area (Å²) in [5.41, 5.74) is 3.45. The molecule has 1 aliphatic rings. The van der Waals surface area contributed by atoms with Gasteiger partial charge in [-0.1, -0.05) is 66.5 Å². The van der Waals surface area contributed by atoms with E-state index < -0.39 is 0 Å². The van der Waals surface area contributed by atoms with E-state index in [1.165, 1.54) is 18.4 Å². The van der Waals surface area contributed by atoms with Crippen molar-refractivity contribution in [2.24, 2.45) is 35.0 Å². The van der Waals surface area contributed by atoms with Crippen LogP contribution in [-0.2, 0) is 9.53 Å². The third kappa shape index (κ3) is 7.80. The second-order valence-electron chi connectivity index (χ2n) is 11.7. The molecule has 0 saturated heterocycles. The zero-order valence-corrected chi connectivity index (χ0v) is 24.2. The molecule has 1 aliphatic heterocycles. The van der Waals surface area contributed by atoms with Gasteiger partial charge >= 0.3 is 5.97 Å². The van der Waals surface area contributed by atoms with Crippen molar-refractivity contribution < 1.29 is 9.53 Å². The molecule has 34 heavy (non-hydrogen) atoms. The maximum absolute atomic E-state index is 13.1. The minimum atomic E-state index is -0.247. The topological polar surface area (TPSA) is 39.2 Å². The van der Waals surface area contributed by atoms with Crippen LogP contribution in [0.2, 0.25) is 0 Å². The number of hydrogen-bond acceptors (Lipinski definition) is 4. The van der Waals surface area contributed by atoms with Crippen LogP contribution in [0.4, 0.5) is 0 Å². The lowest BCUT2D eigenvalue weighted by Crippen LogP contribution is -2.38. The van der Waals surface area contributed by atoms with Gasteiger partial charge in [0.05, 0.1) is 10.7 Å². The third-order valence-corrected chi connectivity index (χ3v) is 9.93. The lowest BCUT2D eigenvalue weighted by Gasteiger charge is -2.43. The van der Waals surface area contributed by atoms with Gasteiger partial charge in [0.1, 0.15) is 6.10 Å². The average Bonchev–Trinajstić information content (AvgIpc) is 3.18. The first-order valence-electron chi connectivity index (χ1n) is 13.3. The van der Waals surface area contributed by atoms with Crippen LogP contribution in [0, 0.1) is 41.9 Å². The molecular formula is C30H49NO2S. The van der Waals surface area contributed by atoms with Gasteiger partial charge in [-0.3, -0.25) is 4.79 Å². The van der Waals surface area contributed by atoms with Crippen LogP contribution >= 0.6 is 11.3 Å². The number of cyclic esters (lactones) is 1. The Kier molecular flexibility index (Phi) is 10.6. The molecule has 0 aliphatic carbocycles. The van der Waals surface area contributed by atoms with Gasteiger partial charge in [0, 0.05) is 18.2 Å². The number of carbonyl (C=O) groups excluding carboxylic acids is 1. The summed E-state index contributed by atoms with van der Waals surface area (Å²) in [5, 5.41) is 3.11. The van der Waals surface area contributed by atoms with E-state index in [0.717, 1.165) is 29.1 Å². The fraction of sp³-hybridized carbons (Fsp3) is 0.733. The molecule has 0 saturated carbocycles. The summed E-state index contributed by atoms with van der Waals surface area (Å²) in [6.07, 6.45) is 8.87. The van der Waals surface area contributed by atoms with E-state index in [4.69, 9.17) is 4.74 Å². The van der Waals surface area contributed by atoms with E-state index in [-0.39, 0.29) is 23.4 Å². The van der Waals surface area contributed by atoms with Crippen molar-refractivity contribution in [3.05, 3.63) is 33.3 Å². The molecule has 0 aromatic carbocycles. The van der Waals surface area contributed by atoms with E-state index in [9.17, 15) is 4.79 Å². The average molecular weight is 488 g/mol. The molecule has 0 N–H and O–H groups in total. The van der Waals surface area contributed by atoms with E-state index in [0.29, 0.717) is 30.1 Å². The predicted octanol–water partition coefficient (Wildman–Crippen LogP) is 8.88. The first-order valence-corrected chi connectivity index (χ1v) is 14.2. The maximum atomic E-state index is 13.1. The summed E-state index contributed by atoms with van der Waals surface area (Å²) in [6.45, 7) is 22.9. The Morgan fingerprint density at radius 2 is 1.82 bits per heavy atom. The number of carbonyl (C=O) groups is 1. The number of esters is 1. The van der Waals surface area contributed by atoms with Gasteiger partial charge in [0.2, 0.25) is 0 Å². The van der Waals surface area contributed by atoms with Crippen molar-refractivity contribution >= 4 is 23.4 Å². The van der Waals surface area contributed by atoms with Gasteiger partial charge in [-0.05, 0) is 80.3 Å². The summed E-state index contributed by atoms with van der Waals surface area (Å²) in [4.78, 5) is 17.7. The molecule has 4 heteroatoms.